The van der Waals surface area contributed by atoms with Gasteiger partial charge in [0.1, 0.15) is 5.82 Å². The molecule has 0 spiro atoms. The van der Waals surface area contributed by atoms with Gasteiger partial charge >= 0.3 is 0 Å². The van der Waals surface area contributed by atoms with Crippen molar-refractivity contribution in [2.45, 2.75) is 32.9 Å². The predicted octanol–water partition coefficient (Wildman–Crippen LogP) is 0.722. The molecule has 1 aliphatic rings. The average Bonchev–Trinajstić information content (AvgIpc) is 2.87. The lowest BCUT2D eigenvalue weighted by Crippen LogP contribution is -2.49. The van der Waals surface area contributed by atoms with E-state index in [4.69, 9.17) is 5.26 Å². The number of piperazine rings is 1. The number of aryl methyl sites for hydroxylation is 1. The summed E-state index contributed by atoms with van der Waals surface area (Å²) in [5, 5.41) is 17.0. The second-order valence-electron chi connectivity index (χ2n) is 4.64. The maximum Gasteiger partial charge on any atom is 0.147 e. The Hall–Kier alpha value is -1.61. The molecule has 1 unspecified atom stereocenters. The molecule has 1 saturated heterocycles. The van der Waals surface area contributed by atoms with E-state index in [9.17, 15) is 0 Å². The fourth-order valence-corrected chi connectivity index (χ4v) is 2.29. The maximum atomic E-state index is 8.92. The van der Waals surface area contributed by atoms with E-state index in [-0.39, 0.29) is 6.04 Å². The zero-order chi connectivity index (χ0) is 13.0. The summed E-state index contributed by atoms with van der Waals surface area (Å²) in [4.78, 5) is 4.51. The summed E-state index contributed by atoms with van der Waals surface area (Å²) < 4.78 is 1.96. The average molecular weight is 248 g/mol. The Bertz CT molecular complexity index is 412. The Morgan fingerprint density at radius 2 is 2.11 bits per heavy atom. The molecule has 0 aliphatic carbocycles. The predicted molar refractivity (Wildman–Crippen MR) is 69.2 cm³/mol. The molecule has 0 amide bonds. The number of aromatic nitrogens is 3. The van der Waals surface area contributed by atoms with E-state index in [0.29, 0.717) is 0 Å². The molecule has 0 N–H and O–H groups in total. The molecule has 0 aromatic carbocycles. The van der Waals surface area contributed by atoms with Crippen molar-refractivity contribution in [2.75, 3.05) is 31.1 Å². The number of rotatable bonds is 4. The molecular weight excluding hydrogens is 228 g/mol. The van der Waals surface area contributed by atoms with Gasteiger partial charge < -0.3 is 4.90 Å². The molecule has 2 heterocycles. The summed E-state index contributed by atoms with van der Waals surface area (Å²) in [6, 6.07) is 2.30. The SMILES string of the molecule is CCCn1nncc1N1CCN(C(C)C#N)CC1. The van der Waals surface area contributed by atoms with Gasteiger partial charge in [-0.25, -0.2) is 4.68 Å². The maximum absolute atomic E-state index is 8.92. The Kier molecular flexibility index (Phi) is 4.15. The number of nitrogens with zero attached hydrogens (tertiary/aromatic N) is 6. The van der Waals surface area contributed by atoms with E-state index >= 15 is 0 Å². The van der Waals surface area contributed by atoms with Crippen LogP contribution < -0.4 is 4.90 Å². The van der Waals surface area contributed by atoms with Crippen LogP contribution in [0.15, 0.2) is 6.20 Å². The summed E-state index contributed by atoms with van der Waals surface area (Å²) in [6.07, 6.45) is 2.89. The molecule has 1 fully saturated rings. The van der Waals surface area contributed by atoms with Crippen LogP contribution >= 0.6 is 0 Å². The van der Waals surface area contributed by atoms with E-state index in [0.717, 1.165) is 45.0 Å². The Morgan fingerprint density at radius 3 is 2.72 bits per heavy atom. The minimum atomic E-state index is 0.00540. The van der Waals surface area contributed by atoms with E-state index in [2.05, 4.69) is 33.1 Å². The minimum absolute atomic E-state index is 0.00540. The molecule has 2 rings (SSSR count). The van der Waals surface area contributed by atoms with Crippen LogP contribution in [0.1, 0.15) is 20.3 Å². The van der Waals surface area contributed by atoms with Crippen LogP contribution in [0, 0.1) is 11.3 Å². The highest BCUT2D eigenvalue weighted by atomic mass is 15.5. The minimum Gasteiger partial charge on any atom is -0.353 e. The summed E-state index contributed by atoms with van der Waals surface area (Å²) in [5.74, 6) is 1.10. The zero-order valence-corrected chi connectivity index (χ0v) is 11.1. The molecule has 18 heavy (non-hydrogen) atoms. The van der Waals surface area contributed by atoms with Crippen molar-refractivity contribution in [3.63, 3.8) is 0 Å². The Balaban J connectivity index is 1.97. The fourth-order valence-electron chi connectivity index (χ4n) is 2.29. The highest BCUT2D eigenvalue weighted by Crippen LogP contribution is 2.16. The van der Waals surface area contributed by atoms with Crippen molar-refractivity contribution in [1.29, 1.82) is 5.26 Å². The smallest absolute Gasteiger partial charge is 0.147 e. The fraction of sp³-hybridized carbons (Fsp3) is 0.750. The van der Waals surface area contributed by atoms with Gasteiger partial charge in [0, 0.05) is 32.7 Å². The molecule has 0 saturated carbocycles. The number of hydrogen-bond acceptors (Lipinski definition) is 5. The van der Waals surface area contributed by atoms with Gasteiger partial charge in [0.25, 0.3) is 0 Å². The summed E-state index contributed by atoms with van der Waals surface area (Å²) in [6.45, 7) is 8.71. The molecule has 1 aromatic rings. The summed E-state index contributed by atoms with van der Waals surface area (Å²) in [5.41, 5.74) is 0. The van der Waals surface area contributed by atoms with Gasteiger partial charge in [0.15, 0.2) is 0 Å². The molecule has 6 nitrogen and oxygen atoms in total. The van der Waals surface area contributed by atoms with Crippen molar-refractivity contribution >= 4 is 5.82 Å². The van der Waals surface area contributed by atoms with Gasteiger partial charge in [-0.15, -0.1) is 5.10 Å². The second kappa shape index (κ2) is 5.83. The third kappa shape index (κ3) is 2.62. The van der Waals surface area contributed by atoms with Crippen molar-refractivity contribution in [3.05, 3.63) is 6.20 Å². The first-order valence-electron chi connectivity index (χ1n) is 6.53. The normalized spacial score (nSPS) is 18.6. The number of nitriles is 1. The second-order valence-corrected chi connectivity index (χ2v) is 4.64. The first kappa shape index (κ1) is 12.8. The van der Waals surface area contributed by atoms with Gasteiger partial charge in [0.05, 0.1) is 18.3 Å². The van der Waals surface area contributed by atoms with E-state index in [1.54, 1.807) is 0 Å². The van der Waals surface area contributed by atoms with Crippen molar-refractivity contribution in [3.8, 4) is 6.07 Å². The largest absolute Gasteiger partial charge is 0.353 e. The number of anilines is 1. The molecule has 6 heteroatoms. The van der Waals surface area contributed by atoms with E-state index < -0.39 is 0 Å². The Morgan fingerprint density at radius 1 is 1.39 bits per heavy atom. The van der Waals surface area contributed by atoms with Crippen LogP contribution in [-0.2, 0) is 6.54 Å². The summed E-state index contributed by atoms with van der Waals surface area (Å²) >= 11 is 0. The first-order valence-corrected chi connectivity index (χ1v) is 6.53. The molecule has 1 aromatic heterocycles. The molecule has 0 bridgehead atoms. The monoisotopic (exact) mass is 248 g/mol. The van der Waals surface area contributed by atoms with Crippen LogP contribution in [0.5, 0.6) is 0 Å². The van der Waals surface area contributed by atoms with Crippen LogP contribution in [0.25, 0.3) is 0 Å². The highest BCUT2D eigenvalue weighted by molar-refractivity contribution is 5.36. The van der Waals surface area contributed by atoms with Gasteiger partial charge in [-0.3, -0.25) is 4.90 Å². The van der Waals surface area contributed by atoms with Gasteiger partial charge in [0.2, 0.25) is 0 Å². The zero-order valence-electron chi connectivity index (χ0n) is 11.1. The van der Waals surface area contributed by atoms with Crippen LogP contribution in [0.2, 0.25) is 0 Å². The van der Waals surface area contributed by atoms with Crippen molar-refractivity contribution < 1.29 is 0 Å². The van der Waals surface area contributed by atoms with Crippen molar-refractivity contribution in [1.82, 2.24) is 19.9 Å². The van der Waals surface area contributed by atoms with Crippen LogP contribution in [0.3, 0.4) is 0 Å². The molecule has 1 aliphatic heterocycles. The first-order chi connectivity index (χ1) is 8.76. The highest BCUT2D eigenvalue weighted by Gasteiger charge is 2.22. The third-order valence-corrected chi connectivity index (χ3v) is 3.41. The molecule has 1 atom stereocenters. The lowest BCUT2D eigenvalue weighted by Gasteiger charge is -2.36. The quantitative estimate of drug-likeness (QED) is 0.786. The molecule has 98 valence electrons. The van der Waals surface area contributed by atoms with E-state index in [1.807, 2.05) is 17.8 Å². The van der Waals surface area contributed by atoms with Crippen molar-refractivity contribution in [2.24, 2.45) is 0 Å². The van der Waals surface area contributed by atoms with Crippen LogP contribution in [-0.4, -0.2) is 52.1 Å². The van der Waals surface area contributed by atoms with E-state index in [1.165, 1.54) is 0 Å². The molecular formula is C12H20N6. The third-order valence-electron chi connectivity index (χ3n) is 3.41. The van der Waals surface area contributed by atoms with Crippen LogP contribution in [0.4, 0.5) is 5.82 Å². The van der Waals surface area contributed by atoms with Gasteiger partial charge in [-0.2, -0.15) is 5.26 Å². The topological polar surface area (TPSA) is 61.0 Å². The molecule has 0 radical (unpaired) electrons. The lowest BCUT2D eigenvalue weighted by atomic mass is 10.2. The van der Waals surface area contributed by atoms with Gasteiger partial charge in [-0.05, 0) is 13.3 Å². The standard InChI is InChI=1S/C12H20N6/c1-3-4-18-12(10-14-15-18)17-7-5-16(6-8-17)11(2)9-13/h10-11H,3-8H2,1-2H3. The van der Waals surface area contributed by atoms with Gasteiger partial charge in [-0.1, -0.05) is 12.1 Å². The Labute approximate surface area is 108 Å². The number of hydrogen-bond donors (Lipinski definition) is 0. The summed E-state index contributed by atoms with van der Waals surface area (Å²) in [7, 11) is 0. The lowest BCUT2D eigenvalue weighted by molar-refractivity contribution is 0.230.